The first-order valence-electron chi connectivity index (χ1n) is 17.4. The smallest absolute Gasteiger partial charge is 0.410 e. The Morgan fingerprint density at radius 2 is 1.60 bits per heavy atom. The van der Waals surface area contributed by atoms with E-state index in [0.717, 1.165) is 59.9 Å². The third-order valence-electron chi connectivity index (χ3n) is 11.3. The summed E-state index contributed by atoms with van der Waals surface area (Å²) in [6.45, 7) is 5.49. The lowest BCUT2D eigenvalue weighted by molar-refractivity contribution is -0.0373. The number of hydrogen-bond donors (Lipinski definition) is 1. The van der Waals surface area contributed by atoms with E-state index in [2.05, 4.69) is 56.3 Å². The normalized spacial score (nSPS) is 25.8. The predicted molar refractivity (Wildman–Crippen MR) is 190 cm³/mol. The Morgan fingerprint density at radius 3 is 2.35 bits per heavy atom. The molecule has 1 amide bonds. The van der Waals surface area contributed by atoms with Crippen molar-refractivity contribution in [2.24, 2.45) is 5.41 Å². The van der Waals surface area contributed by atoms with Gasteiger partial charge in [0.05, 0.1) is 12.6 Å². The van der Waals surface area contributed by atoms with Crippen LogP contribution >= 0.6 is 0 Å². The fourth-order valence-corrected chi connectivity index (χ4v) is 8.51. The lowest BCUT2D eigenvalue weighted by Gasteiger charge is -2.43. The maximum absolute atomic E-state index is 14.5. The van der Waals surface area contributed by atoms with Gasteiger partial charge in [-0.3, -0.25) is 9.69 Å². The van der Waals surface area contributed by atoms with Crippen LogP contribution in [0.25, 0.3) is 11.1 Å². The average Bonchev–Trinajstić information content (AvgIpc) is 3.57. The zero-order chi connectivity index (χ0) is 33.3. The standard InChI is InChI=1S/C43H45NO4/c1-30-10-9-24-42(2)39(23-25-43(42)29-44(41(47)48-43)28-31-11-5-3-6-12-31)37-22-16-32(26-36(45)21-15-30)27-38(37)40(46)35-19-17-34(18-20-35)33-13-7-4-8-14-33/h3-8,10-14,16-20,22,27,36,39,45H,9,15,21,23-26,28-29H2,1-2H3/t36-,39-,42-,43+/m0/s1. The molecule has 1 heterocycles. The Labute approximate surface area is 284 Å². The van der Waals surface area contributed by atoms with E-state index in [4.69, 9.17) is 4.74 Å². The molecular weight excluding hydrogens is 594 g/mol. The minimum Gasteiger partial charge on any atom is -0.440 e. The van der Waals surface area contributed by atoms with Crippen LogP contribution in [-0.4, -0.2) is 40.1 Å². The molecule has 1 spiro atoms. The summed E-state index contributed by atoms with van der Waals surface area (Å²) in [4.78, 5) is 29.9. The molecule has 0 aromatic heterocycles. The molecule has 8 rings (SSSR count). The van der Waals surface area contributed by atoms with Gasteiger partial charge in [-0.1, -0.05) is 116 Å². The van der Waals surface area contributed by atoms with Crippen LogP contribution in [0.3, 0.4) is 0 Å². The molecule has 0 unspecified atom stereocenters. The number of nitrogens with zero attached hydrogens (tertiary/aromatic N) is 1. The molecule has 2 fully saturated rings. The van der Waals surface area contributed by atoms with Crippen molar-refractivity contribution in [2.75, 3.05) is 6.54 Å². The van der Waals surface area contributed by atoms with E-state index in [-0.39, 0.29) is 17.8 Å². The highest BCUT2D eigenvalue weighted by Crippen LogP contribution is 2.61. The fourth-order valence-electron chi connectivity index (χ4n) is 8.51. The van der Waals surface area contributed by atoms with Crippen molar-refractivity contribution in [2.45, 2.75) is 83.0 Å². The van der Waals surface area contributed by atoms with Crippen LogP contribution in [0.1, 0.15) is 90.9 Å². The molecule has 1 aliphatic heterocycles. The topological polar surface area (TPSA) is 66.8 Å². The van der Waals surface area contributed by atoms with E-state index in [9.17, 15) is 14.7 Å². The minimum atomic E-state index is -0.658. The van der Waals surface area contributed by atoms with Crippen molar-refractivity contribution in [3.8, 4) is 11.1 Å². The molecule has 246 valence electrons. The highest BCUT2D eigenvalue weighted by Gasteiger charge is 2.63. The molecule has 5 nitrogen and oxygen atoms in total. The quantitative estimate of drug-likeness (QED) is 0.175. The minimum absolute atomic E-state index is 0.0128. The summed E-state index contributed by atoms with van der Waals surface area (Å²) < 4.78 is 6.50. The second kappa shape index (κ2) is 13.2. The summed E-state index contributed by atoms with van der Waals surface area (Å²) in [6.07, 6.45) is 6.78. The van der Waals surface area contributed by atoms with Gasteiger partial charge in [0.15, 0.2) is 5.78 Å². The van der Waals surface area contributed by atoms with E-state index in [0.29, 0.717) is 37.1 Å². The van der Waals surface area contributed by atoms with Crippen molar-refractivity contribution < 1.29 is 19.4 Å². The molecular formula is C43H45NO4. The molecule has 4 atom stereocenters. The fraction of sp³-hybridized carbons (Fsp3) is 0.349. The van der Waals surface area contributed by atoms with Gasteiger partial charge in [-0.05, 0) is 91.7 Å². The molecule has 2 bridgehead atoms. The number of amides is 1. The van der Waals surface area contributed by atoms with Gasteiger partial charge in [0.1, 0.15) is 5.60 Å². The first kappa shape index (κ1) is 32.1. The second-order valence-electron chi connectivity index (χ2n) is 14.4. The maximum Gasteiger partial charge on any atom is 0.410 e. The van der Waals surface area contributed by atoms with Crippen LogP contribution in [0, 0.1) is 5.41 Å². The number of hydrogen-bond acceptors (Lipinski definition) is 4. The zero-order valence-electron chi connectivity index (χ0n) is 28.0. The molecule has 1 N–H and O–H groups in total. The molecule has 1 saturated heterocycles. The Balaban J connectivity index is 1.28. The lowest BCUT2D eigenvalue weighted by atomic mass is 9.64. The summed E-state index contributed by atoms with van der Waals surface area (Å²) in [5, 5.41) is 11.0. The Bertz CT molecular complexity index is 1820. The molecule has 48 heavy (non-hydrogen) atoms. The number of ketones is 1. The number of aliphatic hydroxyl groups is 1. The van der Waals surface area contributed by atoms with Crippen LogP contribution in [0.4, 0.5) is 4.79 Å². The third-order valence-corrected chi connectivity index (χ3v) is 11.3. The van der Waals surface area contributed by atoms with Crippen LogP contribution in [0.15, 0.2) is 115 Å². The van der Waals surface area contributed by atoms with Gasteiger partial charge in [-0.25, -0.2) is 4.79 Å². The zero-order valence-corrected chi connectivity index (χ0v) is 28.0. The highest BCUT2D eigenvalue weighted by molar-refractivity contribution is 6.10. The first-order chi connectivity index (χ1) is 23.2. The summed E-state index contributed by atoms with van der Waals surface area (Å²) >= 11 is 0. The second-order valence-corrected chi connectivity index (χ2v) is 14.4. The summed E-state index contributed by atoms with van der Waals surface area (Å²) in [6, 6.07) is 34.4. The van der Waals surface area contributed by atoms with Crippen molar-refractivity contribution in [1.29, 1.82) is 0 Å². The number of benzene rings is 4. The van der Waals surface area contributed by atoms with Gasteiger partial charge in [0.2, 0.25) is 0 Å². The highest BCUT2D eigenvalue weighted by atomic mass is 16.6. The monoisotopic (exact) mass is 639 g/mol. The average molecular weight is 640 g/mol. The largest absolute Gasteiger partial charge is 0.440 e. The number of aliphatic hydroxyl groups excluding tert-OH is 1. The van der Waals surface area contributed by atoms with Crippen LogP contribution in [-0.2, 0) is 17.7 Å². The number of carbonyl (C=O) groups excluding carboxylic acids is 2. The Morgan fingerprint density at radius 1 is 0.896 bits per heavy atom. The van der Waals surface area contributed by atoms with Gasteiger partial charge < -0.3 is 9.84 Å². The molecule has 4 aromatic carbocycles. The molecule has 0 radical (unpaired) electrons. The molecule has 1 saturated carbocycles. The van der Waals surface area contributed by atoms with Crippen molar-refractivity contribution in [1.82, 2.24) is 4.90 Å². The SMILES string of the molecule is CC1=CCC[C@@]2(C)[C@@H](CC[C@@]23CN(Cc2ccccc2)C(=O)O3)c2ccc(cc2C(=O)c2ccc(-c3ccccc3)cc2)C[C@@H](O)CC1. The maximum atomic E-state index is 14.5. The summed E-state index contributed by atoms with van der Waals surface area (Å²) in [5.74, 6) is 0.00124. The number of carbonyl (C=O) groups is 2. The van der Waals surface area contributed by atoms with E-state index in [1.165, 1.54) is 5.57 Å². The molecule has 3 aliphatic carbocycles. The van der Waals surface area contributed by atoms with Gasteiger partial charge in [-0.2, -0.15) is 0 Å². The third kappa shape index (κ3) is 6.12. The van der Waals surface area contributed by atoms with E-state index in [1.54, 1.807) is 0 Å². The molecule has 4 aliphatic rings. The number of ether oxygens (including phenoxy) is 1. The number of allylic oxidation sites excluding steroid dienone is 2. The molecule has 5 heteroatoms. The predicted octanol–water partition coefficient (Wildman–Crippen LogP) is 9.28. The summed E-state index contributed by atoms with van der Waals surface area (Å²) in [7, 11) is 0. The lowest BCUT2D eigenvalue weighted by Crippen LogP contribution is -2.48. The Hall–Kier alpha value is -4.48. The van der Waals surface area contributed by atoms with Crippen molar-refractivity contribution in [3.05, 3.63) is 143 Å². The van der Waals surface area contributed by atoms with Gasteiger partial charge in [0.25, 0.3) is 0 Å². The van der Waals surface area contributed by atoms with Crippen molar-refractivity contribution in [3.63, 3.8) is 0 Å². The van der Waals surface area contributed by atoms with Gasteiger partial charge in [-0.15, -0.1) is 0 Å². The summed E-state index contributed by atoms with van der Waals surface area (Å²) in [5.41, 5.74) is 6.78. The van der Waals surface area contributed by atoms with Gasteiger partial charge >= 0.3 is 6.09 Å². The first-order valence-corrected chi connectivity index (χ1v) is 17.4. The van der Waals surface area contributed by atoms with Gasteiger partial charge in [0, 0.05) is 23.1 Å². The Kier molecular flexibility index (Phi) is 8.82. The van der Waals surface area contributed by atoms with Crippen LogP contribution in [0.2, 0.25) is 0 Å². The number of rotatable bonds is 5. The number of fused-ring (bicyclic) bond motifs is 8. The van der Waals surface area contributed by atoms with Crippen LogP contribution < -0.4 is 0 Å². The van der Waals surface area contributed by atoms with E-state index >= 15 is 0 Å². The van der Waals surface area contributed by atoms with Crippen molar-refractivity contribution >= 4 is 11.9 Å². The molecule has 4 aromatic rings. The van der Waals surface area contributed by atoms with E-state index < -0.39 is 17.1 Å². The van der Waals surface area contributed by atoms with Crippen LogP contribution in [0.5, 0.6) is 0 Å². The van der Waals surface area contributed by atoms with E-state index in [1.807, 2.05) is 71.6 Å².